The van der Waals surface area contributed by atoms with Crippen LogP contribution in [0.25, 0.3) is 0 Å². The van der Waals surface area contributed by atoms with Gasteiger partial charge in [0.15, 0.2) is 0 Å². The van der Waals surface area contributed by atoms with Crippen molar-refractivity contribution in [1.29, 1.82) is 0 Å². The highest BCUT2D eigenvalue weighted by Gasteiger charge is 2.94. The summed E-state index contributed by atoms with van der Waals surface area (Å²) in [7, 11) is 0. The Morgan fingerprint density at radius 1 is 0.611 bits per heavy atom. The first-order chi connectivity index (χ1) is 15.7. The van der Waals surface area contributed by atoms with Crippen LogP contribution in [0.5, 0.6) is 0 Å². The van der Waals surface area contributed by atoms with Crippen LogP contribution >= 0.6 is 34.8 Å². The van der Waals surface area contributed by atoms with Crippen LogP contribution in [0.1, 0.15) is 0 Å². The van der Waals surface area contributed by atoms with Gasteiger partial charge in [-0.2, -0.15) is 61.5 Å². The quantitative estimate of drug-likeness (QED) is 0.218. The minimum absolute atomic E-state index is 0.326. The van der Waals surface area contributed by atoms with E-state index in [-0.39, 0.29) is 0 Å². The fourth-order valence-corrected chi connectivity index (χ4v) is 2.69. The van der Waals surface area contributed by atoms with Crippen molar-refractivity contribution in [1.82, 2.24) is 0 Å². The van der Waals surface area contributed by atoms with Crippen molar-refractivity contribution in [3.63, 3.8) is 0 Å². The third-order valence-electron chi connectivity index (χ3n) is 4.21. The summed E-state index contributed by atoms with van der Waals surface area (Å²) in [5, 5.41) is -1.37. The predicted octanol–water partition coefficient (Wildman–Crippen LogP) is 8.30. The molecule has 0 aliphatic heterocycles. The first kappa shape index (κ1) is 32.5. The monoisotopic (exact) mass is 623 g/mol. The molecule has 1 rings (SSSR count). The number of amides is 1. The van der Waals surface area contributed by atoms with Crippen molar-refractivity contribution in [2.75, 3.05) is 5.32 Å². The fraction of sp³-hybridized carbons (Fsp3) is 0.533. The standard InChI is InChI=1S/C15H4Cl3F16NO/c16-3-1-5(18)6(2-4(3)17)35-8(36)10(23,24)12(27,28)14(31,32)15(33,34)13(29,30)11(25,26)9(21,22)7(19)20/h1-2,7H,(H,35,36). The van der Waals surface area contributed by atoms with Gasteiger partial charge in [0.2, 0.25) is 0 Å². The number of nitrogens with one attached hydrogen (secondary N) is 1. The fourth-order valence-electron chi connectivity index (χ4n) is 2.10. The average Bonchev–Trinajstić information content (AvgIpc) is 2.70. The van der Waals surface area contributed by atoms with Gasteiger partial charge in [0, 0.05) is 0 Å². The lowest BCUT2D eigenvalue weighted by Crippen LogP contribution is -2.74. The number of halogens is 19. The van der Waals surface area contributed by atoms with E-state index in [2.05, 4.69) is 0 Å². The molecule has 0 unspecified atom stereocenters. The number of alkyl halides is 16. The molecule has 0 aromatic heterocycles. The highest BCUT2D eigenvalue weighted by Crippen LogP contribution is 2.62. The van der Waals surface area contributed by atoms with Crippen LogP contribution in [0.15, 0.2) is 12.1 Å². The summed E-state index contributed by atoms with van der Waals surface area (Å²) >= 11 is 16.2. The summed E-state index contributed by atoms with van der Waals surface area (Å²) in [5.41, 5.74) is -1.23. The number of anilines is 1. The van der Waals surface area contributed by atoms with Gasteiger partial charge in [-0.15, -0.1) is 0 Å². The van der Waals surface area contributed by atoms with Crippen LogP contribution in [-0.2, 0) is 4.79 Å². The van der Waals surface area contributed by atoms with Crippen molar-refractivity contribution < 1.29 is 75.0 Å². The Labute approximate surface area is 202 Å². The van der Waals surface area contributed by atoms with Gasteiger partial charge in [-0.3, -0.25) is 4.79 Å². The Morgan fingerprint density at radius 2 is 0.972 bits per heavy atom. The van der Waals surface area contributed by atoms with Crippen molar-refractivity contribution in [3.8, 4) is 0 Å². The number of rotatable bonds is 9. The van der Waals surface area contributed by atoms with E-state index in [0.29, 0.717) is 17.4 Å². The number of hydrogen-bond acceptors (Lipinski definition) is 1. The average molecular weight is 625 g/mol. The SMILES string of the molecule is O=C(Nc1cc(Cl)c(Cl)cc1Cl)C(F)(F)C(F)(F)C(F)(F)C(F)(F)C(F)(F)C(F)(F)C(F)(F)C(F)F. The van der Waals surface area contributed by atoms with Gasteiger partial charge in [-0.05, 0) is 12.1 Å². The van der Waals surface area contributed by atoms with E-state index in [9.17, 15) is 75.0 Å². The van der Waals surface area contributed by atoms with Crippen LogP contribution in [0, 0.1) is 0 Å². The zero-order valence-corrected chi connectivity index (χ0v) is 18.1. The molecule has 36 heavy (non-hydrogen) atoms. The molecule has 0 bridgehead atoms. The van der Waals surface area contributed by atoms with Gasteiger partial charge in [0.05, 0.1) is 20.8 Å². The highest BCUT2D eigenvalue weighted by atomic mass is 35.5. The van der Waals surface area contributed by atoms with E-state index in [0.717, 1.165) is 0 Å². The molecule has 1 aromatic carbocycles. The van der Waals surface area contributed by atoms with E-state index in [1.165, 1.54) is 0 Å². The topological polar surface area (TPSA) is 29.1 Å². The Hall–Kier alpha value is -1.56. The Balaban J connectivity index is 3.58. The van der Waals surface area contributed by atoms with Crippen molar-refractivity contribution in [3.05, 3.63) is 27.2 Å². The molecule has 0 aliphatic rings. The normalized spacial score (nSPS) is 14.9. The Bertz CT molecular complexity index is 1010. The van der Waals surface area contributed by atoms with E-state index in [1.807, 2.05) is 0 Å². The maximum atomic E-state index is 13.9. The van der Waals surface area contributed by atoms with Crippen LogP contribution < -0.4 is 5.32 Å². The zero-order valence-electron chi connectivity index (χ0n) is 15.8. The van der Waals surface area contributed by atoms with Crippen molar-refractivity contribution in [2.45, 2.75) is 47.9 Å². The molecule has 21 heteroatoms. The van der Waals surface area contributed by atoms with E-state index < -0.39 is 74.5 Å². The second-order valence-corrected chi connectivity index (χ2v) is 7.79. The lowest BCUT2D eigenvalue weighted by molar-refractivity contribution is -0.443. The third-order valence-corrected chi connectivity index (χ3v) is 5.24. The number of hydrogen-bond donors (Lipinski definition) is 1. The third kappa shape index (κ3) is 4.50. The first-order valence-electron chi connectivity index (χ1n) is 8.05. The number of benzene rings is 1. The molecule has 1 aromatic rings. The van der Waals surface area contributed by atoms with Gasteiger partial charge >= 0.3 is 53.8 Å². The molecule has 0 radical (unpaired) electrons. The number of carbonyl (C=O) groups is 1. The van der Waals surface area contributed by atoms with Gasteiger partial charge in [0.25, 0.3) is 0 Å². The predicted molar refractivity (Wildman–Crippen MR) is 90.7 cm³/mol. The first-order valence-corrected chi connectivity index (χ1v) is 9.18. The summed E-state index contributed by atoms with van der Waals surface area (Å²) in [6.07, 6.45) is -5.95. The molecule has 0 aliphatic carbocycles. The maximum Gasteiger partial charge on any atom is 0.393 e. The van der Waals surface area contributed by atoms with Crippen molar-refractivity contribution >= 4 is 46.4 Å². The molecule has 0 atom stereocenters. The van der Waals surface area contributed by atoms with Crippen LogP contribution in [0.3, 0.4) is 0 Å². The minimum Gasteiger partial charge on any atom is -0.319 e. The molecule has 0 fully saturated rings. The lowest BCUT2D eigenvalue weighted by atomic mass is 9.89. The molecular weight excluding hydrogens is 620 g/mol. The van der Waals surface area contributed by atoms with E-state index >= 15 is 0 Å². The van der Waals surface area contributed by atoms with Gasteiger partial charge in [0.1, 0.15) is 0 Å². The molecule has 0 saturated heterocycles. The summed E-state index contributed by atoms with van der Waals surface area (Å²) in [6, 6.07) is 0.873. The minimum atomic E-state index is -8.61. The highest BCUT2D eigenvalue weighted by molar-refractivity contribution is 6.44. The summed E-state index contributed by atoms with van der Waals surface area (Å²) in [6.45, 7) is 0. The van der Waals surface area contributed by atoms with Gasteiger partial charge < -0.3 is 5.32 Å². The molecule has 1 N–H and O–H groups in total. The van der Waals surface area contributed by atoms with E-state index in [1.54, 1.807) is 0 Å². The molecular formula is C15H4Cl3F16NO. The van der Waals surface area contributed by atoms with E-state index in [4.69, 9.17) is 34.8 Å². The van der Waals surface area contributed by atoms with Crippen LogP contribution in [-0.4, -0.2) is 53.8 Å². The summed E-state index contributed by atoms with van der Waals surface area (Å²) < 4.78 is 213. The Morgan fingerprint density at radius 3 is 1.39 bits per heavy atom. The molecule has 1 amide bonds. The zero-order chi connectivity index (χ0) is 29.1. The summed E-state index contributed by atoms with van der Waals surface area (Å²) in [5.74, 6) is -60.4. The van der Waals surface area contributed by atoms with Crippen LogP contribution in [0.4, 0.5) is 75.9 Å². The molecule has 0 heterocycles. The molecule has 0 saturated carbocycles. The second kappa shape index (κ2) is 9.32. The van der Waals surface area contributed by atoms with Crippen molar-refractivity contribution in [2.24, 2.45) is 0 Å². The summed E-state index contributed by atoms with van der Waals surface area (Å²) in [4.78, 5) is 11.5. The molecule has 208 valence electrons. The number of carbonyl (C=O) groups excluding carboxylic acids is 1. The van der Waals surface area contributed by atoms with Crippen LogP contribution in [0.2, 0.25) is 15.1 Å². The van der Waals surface area contributed by atoms with Gasteiger partial charge in [-0.25, -0.2) is 8.78 Å². The smallest absolute Gasteiger partial charge is 0.319 e. The second-order valence-electron chi connectivity index (χ2n) is 6.57. The molecule has 2 nitrogen and oxygen atoms in total. The van der Waals surface area contributed by atoms with Gasteiger partial charge in [-0.1, -0.05) is 34.8 Å². The maximum absolute atomic E-state index is 13.9. The molecule has 0 spiro atoms. The lowest BCUT2D eigenvalue weighted by Gasteiger charge is -2.42. The Kier molecular flexibility index (Phi) is 8.41. The largest absolute Gasteiger partial charge is 0.393 e.